The molecular formula is C22H26N4O4S. The van der Waals surface area contributed by atoms with Crippen molar-refractivity contribution in [1.29, 1.82) is 0 Å². The van der Waals surface area contributed by atoms with Gasteiger partial charge in [-0.15, -0.1) is 0 Å². The summed E-state index contributed by atoms with van der Waals surface area (Å²) >= 11 is 0. The van der Waals surface area contributed by atoms with Crippen LogP contribution in [0.1, 0.15) is 25.7 Å². The van der Waals surface area contributed by atoms with Gasteiger partial charge in [0.15, 0.2) is 0 Å². The summed E-state index contributed by atoms with van der Waals surface area (Å²) in [4.78, 5) is 18.3. The molecule has 2 saturated heterocycles. The maximum Gasteiger partial charge on any atom is 0.248 e. The normalized spacial score (nSPS) is 22.1. The maximum atomic E-state index is 13.2. The Morgan fingerprint density at radius 1 is 1.06 bits per heavy atom. The standard InChI is InChI=1S/C22H26N4O4S/c23-20-13-17(7-10-24-20)16-1-5-19(6-2-16)31(28,29)25-11-8-22(9-12-25)15-26(18-3-4-18)21(27)14-30-22/h1-2,5-7,10,13,18H,3-4,8-9,11-12,14-15H2,(H2,23,24). The zero-order valence-electron chi connectivity index (χ0n) is 17.2. The van der Waals surface area contributed by atoms with Gasteiger partial charge in [0, 0.05) is 25.3 Å². The van der Waals surface area contributed by atoms with Gasteiger partial charge in [0.25, 0.3) is 0 Å². The number of hydrogen-bond acceptors (Lipinski definition) is 6. The van der Waals surface area contributed by atoms with Crippen LogP contribution in [0.3, 0.4) is 0 Å². The minimum Gasteiger partial charge on any atom is -0.384 e. The monoisotopic (exact) mass is 442 g/mol. The van der Waals surface area contributed by atoms with E-state index in [9.17, 15) is 13.2 Å². The molecule has 2 aliphatic heterocycles. The molecule has 3 heterocycles. The summed E-state index contributed by atoms with van der Waals surface area (Å²) < 4.78 is 33.8. The number of carbonyl (C=O) groups is 1. The molecule has 1 amide bonds. The molecule has 0 bridgehead atoms. The molecule has 1 saturated carbocycles. The van der Waals surface area contributed by atoms with Gasteiger partial charge in [-0.25, -0.2) is 13.4 Å². The molecule has 1 spiro atoms. The van der Waals surface area contributed by atoms with E-state index in [1.54, 1.807) is 36.5 Å². The molecular weight excluding hydrogens is 416 g/mol. The Kier molecular flexibility index (Phi) is 4.99. The molecule has 31 heavy (non-hydrogen) atoms. The van der Waals surface area contributed by atoms with Crippen LogP contribution in [-0.4, -0.2) is 66.4 Å². The average Bonchev–Trinajstić information content (AvgIpc) is 3.61. The van der Waals surface area contributed by atoms with Gasteiger partial charge in [-0.3, -0.25) is 4.79 Å². The quantitative estimate of drug-likeness (QED) is 0.775. The highest BCUT2D eigenvalue weighted by molar-refractivity contribution is 7.89. The lowest BCUT2D eigenvalue weighted by Gasteiger charge is -2.46. The first-order valence-corrected chi connectivity index (χ1v) is 12.1. The molecule has 0 unspecified atom stereocenters. The molecule has 1 aromatic heterocycles. The molecule has 9 heteroatoms. The third-order valence-corrected chi connectivity index (χ3v) is 8.42. The number of anilines is 1. The lowest BCUT2D eigenvalue weighted by atomic mass is 9.90. The molecule has 2 N–H and O–H groups in total. The number of pyridine rings is 1. The molecule has 3 aliphatic rings. The Bertz CT molecular complexity index is 1090. The number of nitrogen functional groups attached to an aromatic ring is 1. The average molecular weight is 443 g/mol. The van der Waals surface area contributed by atoms with Crippen molar-refractivity contribution in [3.8, 4) is 11.1 Å². The second-order valence-corrected chi connectivity index (χ2v) is 10.6. The first kappa shape index (κ1) is 20.4. The summed E-state index contributed by atoms with van der Waals surface area (Å²) in [7, 11) is -3.59. The molecule has 1 aliphatic carbocycles. The molecule has 1 aromatic carbocycles. The highest BCUT2D eigenvalue weighted by atomic mass is 32.2. The Morgan fingerprint density at radius 2 is 1.77 bits per heavy atom. The van der Waals surface area contributed by atoms with Gasteiger partial charge in [0.1, 0.15) is 12.4 Å². The number of amides is 1. The fourth-order valence-electron chi connectivity index (χ4n) is 4.49. The Balaban J connectivity index is 1.28. The van der Waals surface area contributed by atoms with Crippen molar-refractivity contribution in [3.63, 3.8) is 0 Å². The fourth-order valence-corrected chi connectivity index (χ4v) is 5.94. The van der Waals surface area contributed by atoms with Crippen molar-refractivity contribution >= 4 is 21.7 Å². The highest BCUT2D eigenvalue weighted by Crippen LogP contribution is 2.37. The number of morpholine rings is 1. The first-order valence-electron chi connectivity index (χ1n) is 10.6. The molecule has 2 aromatic rings. The van der Waals surface area contributed by atoms with E-state index in [2.05, 4.69) is 4.98 Å². The van der Waals surface area contributed by atoms with E-state index >= 15 is 0 Å². The van der Waals surface area contributed by atoms with Crippen LogP contribution in [0, 0.1) is 0 Å². The van der Waals surface area contributed by atoms with Crippen molar-refractivity contribution in [2.45, 2.75) is 42.2 Å². The minimum absolute atomic E-state index is 0.0548. The number of sulfonamides is 1. The molecule has 0 atom stereocenters. The summed E-state index contributed by atoms with van der Waals surface area (Å²) in [5.74, 6) is 0.475. The molecule has 164 valence electrons. The van der Waals surface area contributed by atoms with Crippen LogP contribution in [-0.2, 0) is 19.6 Å². The summed E-state index contributed by atoms with van der Waals surface area (Å²) in [6.07, 6.45) is 4.94. The number of hydrogen-bond donors (Lipinski definition) is 1. The van der Waals surface area contributed by atoms with Crippen molar-refractivity contribution in [2.24, 2.45) is 0 Å². The molecule has 0 radical (unpaired) electrons. The van der Waals surface area contributed by atoms with Gasteiger partial charge in [-0.1, -0.05) is 12.1 Å². The van der Waals surface area contributed by atoms with Crippen LogP contribution in [0.2, 0.25) is 0 Å². The van der Waals surface area contributed by atoms with E-state index in [1.807, 2.05) is 11.0 Å². The Labute approximate surface area is 182 Å². The highest BCUT2D eigenvalue weighted by Gasteiger charge is 2.47. The number of nitrogens with two attached hydrogens (primary N) is 1. The number of rotatable bonds is 4. The second-order valence-electron chi connectivity index (χ2n) is 8.62. The third-order valence-electron chi connectivity index (χ3n) is 6.51. The van der Waals surface area contributed by atoms with Crippen LogP contribution < -0.4 is 5.73 Å². The van der Waals surface area contributed by atoms with Crippen molar-refractivity contribution < 1.29 is 17.9 Å². The zero-order chi connectivity index (χ0) is 21.6. The van der Waals surface area contributed by atoms with Gasteiger partial charge in [-0.2, -0.15) is 4.31 Å². The van der Waals surface area contributed by atoms with Gasteiger partial charge in [0.05, 0.1) is 17.0 Å². The molecule has 8 nitrogen and oxygen atoms in total. The predicted molar refractivity (Wildman–Crippen MR) is 115 cm³/mol. The van der Waals surface area contributed by atoms with Crippen LogP contribution in [0.25, 0.3) is 11.1 Å². The Hall–Kier alpha value is -2.49. The van der Waals surface area contributed by atoms with E-state index in [0.717, 1.165) is 24.0 Å². The van der Waals surface area contributed by atoms with Crippen molar-refractivity contribution in [2.75, 3.05) is 32.0 Å². The van der Waals surface area contributed by atoms with Gasteiger partial charge < -0.3 is 15.4 Å². The van der Waals surface area contributed by atoms with Crippen LogP contribution in [0.5, 0.6) is 0 Å². The molecule has 5 rings (SSSR count). The van der Waals surface area contributed by atoms with Crippen LogP contribution >= 0.6 is 0 Å². The number of nitrogens with zero attached hydrogens (tertiary/aromatic N) is 3. The van der Waals surface area contributed by atoms with Gasteiger partial charge in [-0.05, 0) is 61.1 Å². The maximum absolute atomic E-state index is 13.2. The number of piperidine rings is 1. The lowest BCUT2D eigenvalue weighted by Crippen LogP contribution is -2.59. The summed E-state index contributed by atoms with van der Waals surface area (Å²) in [6, 6.07) is 10.8. The summed E-state index contributed by atoms with van der Waals surface area (Å²) in [5, 5.41) is 0. The second kappa shape index (κ2) is 7.58. The van der Waals surface area contributed by atoms with E-state index in [4.69, 9.17) is 10.5 Å². The van der Waals surface area contributed by atoms with Crippen LogP contribution in [0.4, 0.5) is 5.82 Å². The number of ether oxygens (including phenoxy) is 1. The van der Waals surface area contributed by atoms with E-state index in [-0.39, 0.29) is 17.4 Å². The van der Waals surface area contributed by atoms with E-state index in [1.165, 1.54) is 4.31 Å². The summed E-state index contributed by atoms with van der Waals surface area (Å²) in [5.41, 5.74) is 7.09. The van der Waals surface area contributed by atoms with Crippen molar-refractivity contribution in [1.82, 2.24) is 14.2 Å². The largest absolute Gasteiger partial charge is 0.384 e. The number of carbonyl (C=O) groups excluding carboxylic acids is 1. The lowest BCUT2D eigenvalue weighted by molar-refractivity contribution is -0.170. The van der Waals surface area contributed by atoms with Crippen LogP contribution in [0.15, 0.2) is 47.5 Å². The van der Waals surface area contributed by atoms with E-state index < -0.39 is 15.6 Å². The topological polar surface area (TPSA) is 106 Å². The zero-order valence-corrected chi connectivity index (χ0v) is 18.1. The number of aromatic nitrogens is 1. The third kappa shape index (κ3) is 3.93. The minimum atomic E-state index is -3.59. The first-order chi connectivity index (χ1) is 14.9. The van der Waals surface area contributed by atoms with Gasteiger partial charge in [0.2, 0.25) is 15.9 Å². The smallest absolute Gasteiger partial charge is 0.248 e. The van der Waals surface area contributed by atoms with E-state index in [0.29, 0.717) is 44.3 Å². The fraction of sp³-hybridized carbons (Fsp3) is 0.455. The Morgan fingerprint density at radius 3 is 2.42 bits per heavy atom. The predicted octanol–water partition coefficient (Wildman–Crippen LogP) is 1.88. The number of benzene rings is 1. The summed E-state index contributed by atoms with van der Waals surface area (Å²) in [6.45, 7) is 1.45. The van der Waals surface area contributed by atoms with Crippen molar-refractivity contribution in [3.05, 3.63) is 42.6 Å². The SMILES string of the molecule is Nc1cc(-c2ccc(S(=O)(=O)N3CCC4(CC3)CN(C3CC3)C(=O)CO4)cc2)ccn1. The van der Waals surface area contributed by atoms with Gasteiger partial charge >= 0.3 is 0 Å². The molecule has 3 fully saturated rings.